The van der Waals surface area contributed by atoms with Gasteiger partial charge in [-0.05, 0) is 48.7 Å². The van der Waals surface area contributed by atoms with Gasteiger partial charge in [-0.15, -0.1) is 0 Å². The average Bonchev–Trinajstić information content (AvgIpc) is 2.41. The largest absolute Gasteiger partial charge is 0.0805 e. The van der Waals surface area contributed by atoms with Gasteiger partial charge >= 0.3 is 0 Å². The van der Waals surface area contributed by atoms with E-state index < -0.39 is 0 Å². The fourth-order valence-corrected chi connectivity index (χ4v) is 2.45. The molecule has 0 amide bonds. The van der Waals surface area contributed by atoms with E-state index in [1.165, 1.54) is 19.3 Å². The maximum atomic E-state index is 2.35. The normalized spacial score (nSPS) is 26.6. The van der Waals surface area contributed by atoms with Gasteiger partial charge < -0.3 is 0 Å². The third-order valence-corrected chi connectivity index (χ3v) is 3.53. The monoisotopic (exact) mass is 188 g/mol. The van der Waals surface area contributed by atoms with Crippen LogP contribution in [0.15, 0.2) is 35.5 Å². The number of rotatable bonds is 1. The quantitative estimate of drug-likeness (QED) is 0.577. The second-order valence-electron chi connectivity index (χ2n) is 4.84. The van der Waals surface area contributed by atoms with E-state index in [-0.39, 0.29) is 0 Å². The van der Waals surface area contributed by atoms with Crippen LogP contribution >= 0.6 is 0 Å². The Morgan fingerprint density at radius 1 is 1.14 bits per heavy atom. The summed E-state index contributed by atoms with van der Waals surface area (Å²) in [4.78, 5) is 0. The summed E-state index contributed by atoms with van der Waals surface area (Å²) in [5, 5.41) is 0. The Labute approximate surface area is 87.4 Å². The van der Waals surface area contributed by atoms with Gasteiger partial charge in [0, 0.05) is 0 Å². The van der Waals surface area contributed by atoms with Crippen molar-refractivity contribution in [3.8, 4) is 0 Å². The summed E-state index contributed by atoms with van der Waals surface area (Å²) in [5.41, 5.74) is 3.19. The van der Waals surface area contributed by atoms with E-state index in [0.29, 0.717) is 0 Å². The molecule has 0 aromatic rings. The Kier molecular flexibility index (Phi) is 2.90. The van der Waals surface area contributed by atoms with E-state index in [1.54, 1.807) is 11.1 Å². The lowest BCUT2D eigenvalue weighted by atomic mass is 9.78. The van der Waals surface area contributed by atoms with Crippen molar-refractivity contribution < 1.29 is 0 Å². The minimum Gasteiger partial charge on any atom is -0.0805 e. The lowest BCUT2D eigenvalue weighted by molar-refractivity contribution is 0.346. The molecule has 2 aliphatic rings. The van der Waals surface area contributed by atoms with Gasteiger partial charge in [0.1, 0.15) is 0 Å². The van der Waals surface area contributed by atoms with Crippen LogP contribution in [0.5, 0.6) is 0 Å². The molecule has 0 heteroatoms. The van der Waals surface area contributed by atoms with Crippen LogP contribution in [-0.2, 0) is 0 Å². The van der Waals surface area contributed by atoms with Gasteiger partial charge in [-0.3, -0.25) is 0 Å². The lowest BCUT2D eigenvalue weighted by Crippen LogP contribution is -2.14. The molecule has 0 aromatic heterocycles. The summed E-state index contributed by atoms with van der Waals surface area (Å²) in [7, 11) is 0. The predicted molar refractivity (Wildman–Crippen MR) is 62.1 cm³/mol. The smallest absolute Gasteiger partial charge is 0.0163 e. The third-order valence-electron chi connectivity index (χ3n) is 3.53. The van der Waals surface area contributed by atoms with Crippen molar-refractivity contribution in [3.05, 3.63) is 35.5 Å². The Hall–Kier alpha value is -0.780. The summed E-state index contributed by atoms with van der Waals surface area (Å²) in [6, 6.07) is 0. The molecule has 2 rings (SSSR count). The average molecular weight is 188 g/mol. The fraction of sp³-hybridized carbons (Fsp3) is 0.571. The zero-order chi connectivity index (χ0) is 9.97. The van der Waals surface area contributed by atoms with Gasteiger partial charge in [-0.1, -0.05) is 38.2 Å². The van der Waals surface area contributed by atoms with Crippen molar-refractivity contribution in [1.29, 1.82) is 0 Å². The first-order valence-electron chi connectivity index (χ1n) is 5.82. The summed E-state index contributed by atoms with van der Waals surface area (Å²) < 4.78 is 0. The van der Waals surface area contributed by atoms with Crippen molar-refractivity contribution in [2.75, 3.05) is 0 Å². The zero-order valence-electron chi connectivity index (χ0n) is 9.29. The fourth-order valence-electron chi connectivity index (χ4n) is 2.45. The highest BCUT2D eigenvalue weighted by Crippen LogP contribution is 2.35. The van der Waals surface area contributed by atoms with Crippen LogP contribution in [0.1, 0.15) is 39.5 Å². The molecule has 14 heavy (non-hydrogen) atoms. The molecule has 2 aliphatic carbocycles. The molecule has 0 radical (unpaired) electrons. The van der Waals surface area contributed by atoms with Crippen LogP contribution in [-0.4, -0.2) is 0 Å². The molecule has 0 N–H and O–H groups in total. The minimum absolute atomic E-state index is 0.838. The maximum absolute atomic E-state index is 2.35. The van der Waals surface area contributed by atoms with E-state index in [0.717, 1.165) is 18.3 Å². The first kappa shape index (κ1) is 9.76. The molecular formula is C14H20. The van der Waals surface area contributed by atoms with Crippen LogP contribution in [0.25, 0.3) is 0 Å². The predicted octanol–water partition coefficient (Wildman–Crippen LogP) is 4.26. The number of hydrogen-bond donors (Lipinski definition) is 0. The van der Waals surface area contributed by atoms with Crippen molar-refractivity contribution in [1.82, 2.24) is 0 Å². The molecule has 0 nitrogen and oxygen atoms in total. The molecule has 0 heterocycles. The highest BCUT2D eigenvalue weighted by Gasteiger charge is 2.21. The molecule has 0 fully saturated rings. The van der Waals surface area contributed by atoms with Gasteiger partial charge in [0.2, 0.25) is 0 Å². The molecular weight excluding hydrogens is 168 g/mol. The number of allylic oxidation sites excluding steroid dienone is 6. The number of hydrogen-bond acceptors (Lipinski definition) is 0. The minimum atomic E-state index is 0.838. The van der Waals surface area contributed by atoms with Gasteiger partial charge in [0.05, 0.1) is 0 Å². The highest BCUT2D eigenvalue weighted by molar-refractivity contribution is 5.37. The molecule has 0 spiro atoms. The maximum Gasteiger partial charge on any atom is -0.0163 e. The van der Waals surface area contributed by atoms with E-state index in [2.05, 4.69) is 38.2 Å². The van der Waals surface area contributed by atoms with Crippen molar-refractivity contribution in [3.63, 3.8) is 0 Å². The lowest BCUT2D eigenvalue weighted by Gasteiger charge is -2.27. The Balaban J connectivity index is 2.17. The Bertz CT molecular complexity index is 289. The molecule has 0 bridgehead atoms. The summed E-state index contributed by atoms with van der Waals surface area (Å²) in [6.07, 6.45) is 14.4. The molecule has 1 atom stereocenters. The molecule has 1 unspecified atom stereocenters. The Morgan fingerprint density at radius 3 is 2.57 bits per heavy atom. The van der Waals surface area contributed by atoms with Gasteiger partial charge in [-0.2, -0.15) is 0 Å². The van der Waals surface area contributed by atoms with Crippen LogP contribution in [0.3, 0.4) is 0 Å². The SMILES string of the molecule is CC(C)C1CCC2=C(C=CCC=C2)C1. The topological polar surface area (TPSA) is 0 Å². The summed E-state index contributed by atoms with van der Waals surface area (Å²) >= 11 is 0. The first-order chi connectivity index (χ1) is 6.77. The van der Waals surface area contributed by atoms with Crippen LogP contribution < -0.4 is 0 Å². The van der Waals surface area contributed by atoms with Crippen molar-refractivity contribution >= 4 is 0 Å². The molecule has 0 aromatic carbocycles. The standard InChI is InChI=1S/C14H20/c1-11(2)13-9-8-12-6-4-3-5-7-14(12)10-13/h4-7,11,13H,3,8-10H2,1-2H3. The second-order valence-corrected chi connectivity index (χ2v) is 4.84. The highest BCUT2D eigenvalue weighted by atomic mass is 14.3. The first-order valence-corrected chi connectivity index (χ1v) is 5.82. The van der Waals surface area contributed by atoms with E-state index >= 15 is 0 Å². The van der Waals surface area contributed by atoms with Crippen LogP contribution in [0, 0.1) is 11.8 Å². The molecule has 0 saturated heterocycles. The van der Waals surface area contributed by atoms with E-state index in [4.69, 9.17) is 0 Å². The van der Waals surface area contributed by atoms with Crippen LogP contribution in [0.4, 0.5) is 0 Å². The molecule has 0 aliphatic heterocycles. The Morgan fingerprint density at radius 2 is 1.86 bits per heavy atom. The van der Waals surface area contributed by atoms with E-state index in [1.807, 2.05) is 0 Å². The van der Waals surface area contributed by atoms with Gasteiger partial charge in [0.15, 0.2) is 0 Å². The second kappa shape index (κ2) is 4.16. The summed E-state index contributed by atoms with van der Waals surface area (Å²) in [6.45, 7) is 4.71. The van der Waals surface area contributed by atoms with E-state index in [9.17, 15) is 0 Å². The molecule has 76 valence electrons. The van der Waals surface area contributed by atoms with Crippen molar-refractivity contribution in [2.24, 2.45) is 11.8 Å². The molecule has 0 saturated carbocycles. The van der Waals surface area contributed by atoms with Gasteiger partial charge in [-0.25, -0.2) is 0 Å². The van der Waals surface area contributed by atoms with Gasteiger partial charge in [0.25, 0.3) is 0 Å². The summed E-state index contributed by atoms with van der Waals surface area (Å²) in [5.74, 6) is 1.74. The van der Waals surface area contributed by atoms with Crippen LogP contribution in [0.2, 0.25) is 0 Å². The van der Waals surface area contributed by atoms with Crippen molar-refractivity contribution in [2.45, 2.75) is 39.5 Å². The zero-order valence-corrected chi connectivity index (χ0v) is 9.29. The third kappa shape index (κ3) is 2.00.